The Hall–Kier alpha value is -7.28. The Balaban J connectivity index is 1.07. The van der Waals surface area contributed by atoms with Crippen molar-refractivity contribution in [3.05, 3.63) is 145 Å². The van der Waals surface area contributed by atoms with E-state index >= 15 is 0 Å². The normalized spacial score (nSPS) is 14.5. The number of hydrogen-bond acceptors (Lipinski definition) is 12. The predicted molar refractivity (Wildman–Crippen MR) is 243 cm³/mol. The Kier molecular flexibility index (Phi) is 17.0. The molecule has 1 aliphatic heterocycles. The first kappa shape index (κ1) is 47.2. The zero-order valence-corrected chi connectivity index (χ0v) is 36.5. The summed E-state index contributed by atoms with van der Waals surface area (Å²) in [5.41, 5.74) is 1.92. The molecule has 0 radical (unpaired) electrons. The number of amides is 2. The number of fused-ring (bicyclic) bond motifs is 2. The fraction of sp³-hybridized carbons (Fsp3) is 0.308. The van der Waals surface area contributed by atoms with Gasteiger partial charge in [-0.05, 0) is 134 Å². The Morgan fingerprint density at radius 3 is 1.35 bits per heavy atom. The topological polar surface area (TPSA) is 161 Å². The lowest BCUT2D eigenvalue weighted by molar-refractivity contribution is -0.142. The number of nitrogens with zero attached hydrogens (tertiary/aromatic N) is 1. The fourth-order valence-electron chi connectivity index (χ4n) is 7.14. The minimum atomic E-state index is -1.73. The molecule has 0 saturated carbocycles. The average molecular weight is 884 g/mol. The molecular weight excluding hydrogens is 831 g/mol. The molecule has 65 heavy (non-hydrogen) atoms. The third-order valence-corrected chi connectivity index (χ3v) is 10.8. The summed E-state index contributed by atoms with van der Waals surface area (Å²) < 4.78 is 33.4. The van der Waals surface area contributed by atoms with Crippen molar-refractivity contribution < 1.29 is 57.2 Å². The van der Waals surface area contributed by atoms with Gasteiger partial charge in [-0.15, -0.1) is 0 Å². The monoisotopic (exact) mass is 883 g/mol. The number of esters is 4. The molecule has 0 spiro atoms. The molecule has 5 aromatic rings. The van der Waals surface area contributed by atoms with Crippen LogP contribution in [-0.4, -0.2) is 79.2 Å². The lowest BCUT2D eigenvalue weighted by Gasteiger charge is -2.17. The highest BCUT2D eigenvalue weighted by molar-refractivity contribution is 6.10. The molecule has 0 aromatic heterocycles. The minimum absolute atomic E-state index is 0.110. The summed E-state index contributed by atoms with van der Waals surface area (Å²) in [4.78, 5) is 78.5. The van der Waals surface area contributed by atoms with E-state index in [1.165, 1.54) is 0 Å². The number of rotatable bonds is 24. The van der Waals surface area contributed by atoms with E-state index in [4.69, 9.17) is 28.4 Å². The summed E-state index contributed by atoms with van der Waals surface area (Å²) in [5, 5.41) is 3.04. The van der Waals surface area contributed by atoms with Gasteiger partial charge in [0.25, 0.3) is 11.8 Å². The number of carbonyl (C=O) groups is 6. The number of aryl methyl sites for hydroxylation is 1. The molecule has 0 N–H and O–H groups in total. The van der Waals surface area contributed by atoms with Crippen LogP contribution in [0.3, 0.4) is 0 Å². The molecule has 0 aliphatic carbocycles. The van der Waals surface area contributed by atoms with Gasteiger partial charge in [-0.25, -0.2) is 19.2 Å². The molecule has 1 aliphatic rings. The van der Waals surface area contributed by atoms with Gasteiger partial charge in [-0.2, -0.15) is 0 Å². The third-order valence-electron chi connectivity index (χ3n) is 10.8. The molecule has 2 atom stereocenters. The van der Waals surface area contributed by atoms with Gasteiger partial charge in [-0.3, -0.25) is 14.5 Å². The Morgan fingerprint density at radius 2 is 0.923 bits per heavy atom. The van der Waals surface area contributed by atoms with E-state index in [1.807, 2.05) is 43.3 Å². The van der Waals surface area contributed by atoms with E-state index in [-0.39, 0.29) is 17.7 Å². The summed E-state index contributed by atoms with van der Waals surface area (Å²) in [7, 11) is 0. The summed E-state index contributed by atoms with van der Waals surface area (Å²) >= 11 is 0. The predicted octanol–water partition coefficient (Wildman–Crippen LogP) is 8.96. The van der Waals surface area contributed by atoms with Gasteiger partial charge >= 0.3 is 23.9 Å². The highest BCUT2D eigenvalue weighted by Crippen LogP contribution is 2.28. The maximum atomic E-state index is 13.9. The number of imide groups is 1. The fourth-order valence-corrected chi connectivity index (χ4v) is 7.14. The zero-order valence-electron chi connectivity index (χ0n) is 36.5. The van der Waals surface area contributed by atoms with Gasteiger partial charge in [0.1, 0.15) is 11.5 Å². The lowest BCUT2D eigenvalue weighted by Crippen LogP contribution is -2.37. The van der Waals surface area contributed by atoms with Gasteiger partial charge in [0.2, 0.25) is 12.2 Å². The van der Waals surface area contributed by atoms with E-state index < -0.39 is 47.9 Å². The third kappa shape index (κ3) is 13.4. The highest BCUT2D eigenvalue weighted by atomic mass is 16.6. The van der Waals surface area contributed by atoms with Crippen LogP contribution >= 0.6 is 0 Å². The average Bonchev–Trinajstić information content (AvgIpc) is 3.53. The molecule has 1 heterocycles. The maximum Gasteiger partial charge on any atom is 0.339 e. The maximum absolute atomic E-state index is 13.9. The van der Waals surface area contributed by atoms with Crippen LogP contribution < -0.4 is 9.47 Å². The number of likely N-dealkylation sites (tertiary alicyclic amines) is 1. The van der Waals surface area contributed by atoms with Crippen LogP contribution in [0.1, 0.15) is 83.2 Å². The van der Waals surface area contributed by atoms with Crippen LogP contribution in [0, 0.1) is 6.92 Å². The molecule has 6 rings (SSSR count). The van der Waals surface area contributed by atoms with Crippen molar-refractivity contribution in [1.29, 1.82) is 0 Å². The molecule has 1 saturated heterocycles. The van der Waals surface area contributed by atoms with Crippen LogP contribution in [0.5, 0.6) is 11.5 Å². The van der Waals surface area contributed by atoms with E-state index in [1.54, 1.807) is 60.7 Å². The second-order valence-electron chi connectivity index (χ2n) is 15.6. The Morgan fingerprint density at radius 1 is 0.523 bits per heavy atom. The van der Waals surface area contributed by atoms with Crippen molar-refractivity contribution in [3.63, 3.8) is 0 Å². The lowest BCUT2D eigenvalue weighted by atomic mass is 10.1. The van der Waals surface area contributed by atoms with Crippen molar-refractivity contribution >= 4 is 57.2 Å². The number of hydrogen-bond donors (Lipinski definition) is 0. The van der Waals surface area contributed by atoms with Crippen molar-refractivity contribution in [2.45, 2.75) is 77.0 Å². The molecule has 13 nitrogen and oxygen atoms in total. The van der Waals surface area contributed by atoms with E-state index in [0.29, 0.717) is 54.3 Å². The van der Waals surface area contributed by atoms with E-state index in [2.05, 4.69) is 13.2 Å². The molecular formula is C52H53NO12. The molecule has 5 aromatic carbocycles. The van der Waals surface area contributed by atoms with Crippen LogP contribution in [0.2, 0.25) is 0 Å². The summed E-state index contributed by atoms with van der Waals surface area (Å²) in [6, 6.07) is 28.0. The van der Waals surface area contributed by atoms with E-state index in [9.17, 15) is 28.8 Å². The first-order valence-electron chi connectivity index (χ1n) is 21.8. The van der Waals surface area contributed by atoms with Gasteiger partial charge in [-0.1, -0.05) is 67.3 Å². The quantitative estimate of drug-likeness (QED) is 0.0191. The van der Waals surface area contributed by atoms with Gasteiger partial charge < -0.3 is 28.4 Å². The standard InChI is InChI=1S/C52H53NO12/c1-4-45(54)62-28-12-8-6-10-26-60-43-24-22-37-30-41(20-18-39(37)32-43)51(58)64-47-48(50(57)53(49(47)56)34-36-16-14-35(3)15-17-36)65-52(59)42-21-19-40-33-44(25-23-38(40)31-42)61-27-11-7-9-13-29-63-46(55)5-2/h4-5,14-25,30-33,47-48H,1-2,6-13,26-29,34H2,3H3/t47-,48-/m1/s1. The molecule has 0 unspecified atom stereocenters. The number of carbonyl (C=O) groups excluding carboxylic acids is 6. The van der Waals surface area contributed by atoms with Crippen LogP contribution in [0.25, 0.3) is 21.5 Å². The smallest absolute Gasteiger partial charge is 0.339 e. The summed E-state index contributed by atoms with van der Waals surface area (Å²) in [5.74, 6) is -2.88. The Labute approximate surface area is 377 Å². The molecule has 338 valence electrons. The minimum Gasteiger partial charge on any atom is -0.494 e. The number of ether oxygens (including phenoxy) is 6. The molecule has 1 fully saturated rings. The van der Waals surface area contributed by atoms with Crippen molar-refractivity contribution in [2.24, 2.45) is 0 Å². The zero-order chi connectivity index (χ0) is 46.1. The SMILES string of the molecule is C=CC(=O)OCCCCCCOc1ccc2cc(C(=O)O[C@H]3C(=O)N(Cc4ccc(C)cc4)C(=O)[C@@H]3OC(=O)c3ccc4cc(OCCCCCCOC(=O)C=C)ccc4c3)ccc2c1. The van der Waals surface area contributed by atoms with Crippen molar-refractivity contribution in [3.8, 4) is 11.5 Å². The largest absolute Gasteiger partial charge is 0.494 e. The molecule has 2 amide bonds. The van der Waals surface area contributed by atoms with Gasteiger partial charge in [0.15, 0.2) is 0 Å². The second kappa shape index (κ2) is 23.4. The van der Waals surface area contributed by atoms with E-state index in [0.717, 1.165) is 84.8 Å². The molecule has 13 heteroatoms. The van der Waals surface area contributed by atoms with Crippen LogP contribution in [0.4, 0.5) is 0 Å². The second-order valence-corrected chi connectivity index (χ2v) is 15.6. The number of benzene rings is 5. The Bertz CT molecular complexity index is 2380. The van der Waals surface area contributed by atoms with Crippen LogP contribution in [0.15, 0.2) is 122 Å². The van der Waals surface area contributed by atoms with Crippen molar-refractivity contribution in [2.75, 3.05) is 26.4 Å². The summed E-state index contributed by atoms with van der Waals surface area (Å²) in [6.45, 7) is 10.3. The van der Waals surface area contributed by atoms with Gasteiger partial charge in [0, 0.05) is 12.2 Å². The van der Waals surface area contributed by atoms with Gasteiger partial charge in [0.05, 0.1) is 44.1 Å². The first-order chi connectivity index (χ1) is 31.5. The molecule has 0 bridgehead atoms. The number of unbranched alkanes of at least 4 members (excludes halogenated alkanes) is 6. The van der Waals surface area contributed by atoms with Crippen molar-refractivity contribution in [1.82, 2.24) is 4.90 Å². The van der Waals surface area contributed by atoms with Crippen LogP contribution in [-0.2, 0) is 44.7 Å². The first-order valence-corrected chi connectivity index (χ1v) is 21.8. The summed E-state index contributed by atoms with van der Waals surface area (Å²) in [6.07, 6.45) is 5.61. The highest BCUT2D eigenvalue weighted by Gasteiger charge is 2.53.